The molecule has 250 valence electrons. The Kier molecular flexibility index (Phi) is 12.9. The topological polar surface area (TPSA) is 0 Å². The SMILES string of the molecule is CCCCCCc1cc(-c2ccc(-c3ccc(C)cc3CC)cc2)c(CCCCCC)cc1-c1ccc(-c2ccc(C)cc2CC)cc1. The van der Waals surface area contributed by atoms with Gasteiger partial charge in [0.2, 0.25) is 0 Å². The Morgan fingerprint density at radius 1 is 0.333 bits per heavy atom. The van der Waals surface area contributed by atoms with Crippen LogP contribution in [-0.2, 0) is 25.7 Å². The molecule has 0 aromatic heterocycles. The minimum atomic E-state index is 1.05. The van der Waals surface area contributed by atoms with E-state index >= 15 is 0 Å². The Hall–Kier alpha value is -3.90. The molecule has 5 aromatic carbocycles. The van der Waals surface area contributed by atoms with Crippen LogP contribution in [0.25, 0.3) is 44.5 Å². The van der Waals surface area contributed by atoms with Crippen molar-refractivity contribution >= 4 is 0 Å². The van der Waals surface area contributed by atoms with Crippen molar-refractivity contribution < 1.29 is 0 Å². The Bertz CT molecular complexity index is 1620. The molecule has 0 N–H and O–H groups in total. The second-order valence-corrected chi connectivity index (χ2v) is 14.0. The molecule has 0 saturated heterocycles. The van der Waals surface area contributed by atoms with Gasteiger partial charge in [0, 0.05) is 0 Å². The van der Waals surface area contributed by atoms with Gasteiger partial charge >= 0.3 is 0 Å². The van der Waals surface area contributed by atoms with E-state index in [2.05, 4.69) is 139 Å². The number of hydrogen-bond donors (Lipinski definition) is 0. The zero-order valence-electron chi connectivity index (χ0n) is 30.7. The van der Waals surface area contributed by atoms with Crippen LogP contribution in [0.1, 0.15) is 112 Å². The summed E-state index contributed by atoms with van der Waals surface area (Å²) in [5.74, 6) is 0. The van der Waals surface area contributed by atoms with E-state index in [-0.39, 0.29) is 0 Å². The molecule has 0 saturated carbocycles. The third kappa shape index (κ3) is 8.76. The first-order valence-corrected chi connectivity index (χ1v) is 19.0. The summed E-state index contributed by atoms with van der Waals surface area (Å²) in [7, 11) is 0. The van der Waals surface area contributed by atoms with E-state index in [1.54, 1.807) is 0 Å². The molecule has 0 bridgehead atoms. The van der Waals surface area contributed by atoms with Gasteiger partial charge in [0.05, 0.1) is 0 Å². The summed E-state index contributed by atoms with van der Waals surface area (Å²) >= 11 is 0. The molecule has 0 aliphatic rings. The molecule has 48 heavy (non-hydrogen) atoms. The van der Waals surface area contributed by atoms with E-state index in [9.17, 15) is 0 Å². The predicted octanol–water partition coefficient (Wildman–Crippen LogP) is 14.3. The highest BCUT2D eigenvalue weighted by molar-refractivity contribution is 5.80. The van der Waals surface area contributed by atoms with Gasteiger partial charge in [0.1, 0.15) is 0 Å². The zero-order valence-corrected chi connectivity index (χ0v) is 30.7. The lowest BCUT2D eigenvalue weighted by Gasteiger charge is -2.19. The molecule has 0 nitrogen and oxygen atoms in total. The van der Waals surface area contributed by atoms with Crippen molar-refractivity contribution in [3.8, 4) is 44.5 Å². The number of benzene rings is 5. The average molecular weight is 635 g/mol. The van der Waals surface area contributed by atoms with Gasteiger partial charge in [-0.05, 0) is 119 Å². The quantitative estimate of drug-likeness (QED) is 0.0947. The van der Waals surface area contributed by atoms with Crippen LogP contribution >= 0.6 is 0 Å². The van der Waals surface area contributed by atoms with Crippen LogP contribution in [0.2, 0.25) is 0 Å². The van der Waals surface area contributed by atoms with Gasteiger partial charge in [-0.15, -0.1) is 0 Å². The lowest BCUT2D eigenvalue weighted by Crippen LogP contribution is -1.99. The fourth-order valence-corrected chi connectivity index (χ4v) is 7.38. The standard InChI is InChI=1S/C48H58/c1-7-11-13-15-17-43-33-48(42-27-23-40(24-28-42)46-30-20-36(6)32-38(46)10-4)44(18-16-14-12-8-2)34-47(43)41-25-21-39(22-26-41)45-29-19-35(5)31-37(45)9-3/h19-34H,7-18H2,1-6H3. The van der Waals surface area contributed by atoms with Crippen molar-refractivity contribution in [2.45, 2.75) is 119 Å². The van der Waals surface area contributed by atoms with Gasteiger partial charge in [0.25, 0.3) is 0 Å². The van der Waals surface area contributed by atoms with Crippen molar-refractivity contribution in [2.24, 2.45) is 0 Å². The first kappa shape index (κ1) is 35.4. The summed E-state index contributed by atoms with van der Waals surface area (Å²) in [6.45, 7) is 13.5. The predicted molar refractivity (Wildman–Crippen MR) is 212 cm³/mol. The van der Waals surface area contributed by atoms with Gasteiger partial charge < -0.3 is 0 Å². The Morgan fingerprint density at radius 3 is 1.02 bits per heavy atom. The fraction of sp³-hybridized carbons (Fsp3) is 0.375. The molecule has 0 spiro atoms. The van der Waals surface area contributed by atoms with Crippen molar-refractivity contribution in [3.63, 3.8) is 0 Å². The molecule has 5 aromatic rings. The molecule has 0 atom stereocenters. The maximum absolute atomic E-state index is 2.57. The first-order valence-electron chi connectivity index (χ1n) is 19.0. The lowest BCUT2D eigenvalue weighted by atomic mass is 9.86. The molecular weight excluding hydrogens is 577 g/mol. The summed E-state index contributed by atoms with van der Waals surface area (Å²) in [4.78, 5) is 0. The first-order chi connectivity index (χ1) is 23.4. The second kappa shape index (κ2) is 17.5. The van der Waals surface area contributed by atoms with Crippen LogP contribution in [0.3, 0.4) is 0 Å². The zero-order chi connectivity index (χ0) is 33.9. The Labute approximate surface area is 292 Å². The maximum Gasteiger partial charge on any atom is -0.0149 e. The normalized spacial score (nSPS) is 11.3. The van der Waals surface area contributed by atoms with Crippen LogP contribution in [-0.4, -0.2) is 0 Å². The molecular formula is C48H58. The summed E-state index contributed by atoms with van der Waals surface area (Å²) in [5, 5.41) is 0. The smallest absolute Gasteiger partial charge is 0.0149 e. The third-order valence-corrected chi connectivity index (χ3v) is 10.2. The van der Waals surface area contributed by atoms with Crippen molar-refractivity contribution in [2.75, 3.05) is 0 Å². The Balaban J connectivity index is 1.56. The summed E-state index contributed by atoms with van der Waals surface area (Å²) in [5.41, 5.74) is 19.4. The van der Waals surface area contributed by atoms with E-state index in [1.807, 2.05) is 0 Å². The highest BCUT2D eigenvalue weighted by atomic mass is 14.2. The van der Waals surface area contributed by atoms with Gasteiger partial charge in [-0.1, -0.05) is 174 Å². The molecule has 0 aliphatic heterocycles. The van der Waals surface area contributed by atoms with Crippen LogP contribution < -0.4 is 0 Å². The maximum atomic E-state index is 2.57. The number of aryl methyl sites for hydroxylation is 6. The molecule has 0 heterocycles. The van der Waals surface area contributed by atoms with E-state index in [4.69, 9.17) is 0 Å². The van der Waals surface area contributed by atoms with Gasteiger partial charge in [-0.3, -0.25) is 0 Å². The van der Waals surface area contributed by atoms with Gasteiger partial charge in [-0.2, -0.15) is 0 Å². The minimum Gasteiger partial charge on any atom is -0.0654 e. The van der Waals surface area contributed by atoms with Gasteiger partial charge in [0.15, 0.2) is 0 Å². The third-order valence-electron chi connectivity index (χ3n) is 10.2. The van der Waals surface area contributed by atoms with Crippen LogP contribution in [0.4, 0.5) is 0 Å². The van der Waals surface area contributed by atoms with E-state index in [0.29, 0.717) is 0 Å². The lowest BCUT2D eigenvalue weighted by molar-refractivity contribution is 0.664. The molecule has 0 amide bonds. The minimum absolute atomic E-state index is 1.05. The van der Waals surface area contributed by atoms with Crippen molar-refractivity contribution in [3.05, 3.63) is 130 Å². The summed E-state index contributed by atoms with van der Waals surface area (Å²) < 4.78 is 0. The van der Waals surface area contributed by atoms with E-state index in [1.165, 1.54) is 129 Å². The molecule has 5 rings (SSSR count). The fourth-order valence-electron chi connectivity index (χ4n) is 7.38. The van der Waals surface area contributed by atoms with Crippen molar-refractivity contribution in [1.82, 2.24) is 0 Å². The molecule has 0 fully saturated rings. The second-order valence-electron chi connectivity index (χ2n) is 14.0. The Morgan fingerprint density at radius 2 is 0.688 bits per heavy atom. The highest BCUT2D eigenvalue weighted by Crippen LogP contribution is 2.37. The van der Waals surface area contributed by atoms with E-state index in [0.717, 1.165) is 25.7 Å². The molecule has 0 aliphatic carbocycles. The number of rotatable bonds is 16. The van der Waals surface area contributed by atoms with Gasteiger partial charge in [-0.25, -0.2) is 0 Å². The monoisotopic (exact) mass is 634 g/mol. The molecule has 0 radical (unpaired) electrons. The summed E-state index contributed by atoms with van der Waals surface area (Å²) in [6.07, 6.45) is 14.6. The highest BCUT2D eigenvalue weighted by Gasteiger charge is 2.15. The van der Waals surface area contributed by atoms with Crippen molar-refractivity contribution in [1.29, 1.82) is 0 Å². The van der Waals surface area contributed by atoms with Crippen LogP contribution in [0.5, 0.6) is 0 Å². The number of unbranched alkanes of at least 4 members (excludes halogenated alkanes) is 6. The molecule has 0 heteroatoms. The van der Waals surface area contributed by atoms with Crippen LogP contribution in [0, 0.1) is 13.8 Å². The summed E-state index contributed by atoms with van der Waals surface area (Å²) in [6, 6.07) is 37.8. The molecule has 0 unspecified atom stereocenters. The largest absolute Gasteiger partial charge is 0.0654 e. The number of hydrogen-bond acceptors (Lipinski definition) is 0. The van der Waals surface area contributed by atoms with Crippen LogP contribution in [0.15, 0.2) is 97.1 Å². The average Bonchev–Trinajstić information content (AvgIpc) is 3.12. The van der Waals surface area contributed by atoms with E-state index < -0.39 is 0 Å².